The van der Waals surface area contributed by atoms with Gasteiger partial charge < -0.3 is 0 Å². The van der Waals surface area contributed by atoms with E-state index in [1.54, 1.807) is 24.3 Å². The van der Waals surface area contributed by atoms with E-state index in [1.807, 2.05) is 0 Å². The van der Waals surface area contributed by atoms with Gasteiger partial charge in [-0.25, -0.2) is 4.39 Å². The van der Waals surface area contributed by atoms with E-state index in [0.717, 1.165) is 11.8 Å². The van der Waals surface area contributed by atoms with E-state index in [-0.39, 0.29) is 6.04 Å². The van der Waals surface area contributed by atoms with Crippen LogP contribution in [-0.2, 0) is 6.42 Å². The average molecular weight is 300 g/mol. The smallest absolute Gasteiger partial charge is 0.146 e. The summed E-state index contributed by atoms with van der Waals surface area (Å²) in [6.07, 6.45) is 3.13. The van der Waals surface area contributed by atoms with Crippen LogP contribution < -0.4 is 11.3 Å². The Labute approximate surface area is 120 Å². The number of aromatic nitrogens is 1. The summed E-state index contributed by atoms with van der Waals surface area (Å²) >= 11 is 11.9. The normalized spacial score (nSPS) is 12.4. The number of rotatable bonds is 4. The van der Waals surface area contributed by atoms with Crippen molar-refractivity contribution in [1.29, 1.82) is 0 Å². The maximum absolute atomic E-state index is 13.7. The molecule has 0 saturated heterocycles. The molecule has 1 aromatic carbocycles. The van der Waals surface area contributed by atoms with Crippen LogP contribution in [0.2, 0.25) is 10.0 Å². The first kappa shape index (κ1) is 14.2. The Hall–Kier alpha value is -1.20. The zero-order valence-electron chi connectivity index (χ0n) is 9.91. The predicted octanol–water partition coefficient (Wildman–Crippen LogP) is 3.27. The summed E-state index contributed by atoms with van der Waals surface area (Å²) in [5.41, 5.74) is 3.88. The second kappa shape index (κ2) is 6.30. The summed E-state index contributed by atoms with van der Waals surface area (Å²) in [7, 11) is 0. The van der Waals surface area contributed by atoms with Crippen LogP contribution in [0.4, 0.5) is 4.39 Å². The minimum absolute atomic E-state index is 0.387. The van der Waals surface area contributed by atoms with Gasteiger partial charge in [-0.3, -0.25) is 16.3 Å². The van der Waals surface area contributed by atoms with E-state index < -0.39 is 5.82 Å². The standard InChI is InChI=1S/C13H12Cl2FN3/c14-9-2-1-8(11(15)6-9)5-13(19-17)10-3-4-18-7-12(10)16/h1-4,6-7,13,19H,5,17H2. The molecule has 1 unspecified atom stereocenters. The summed E-state index contributed by atoms with van der Waals surface area (Å²) < 4.78 is 13.7. The Bertz CT molecular complexity index is 578. The van der Waals surface area contributed by atoms with E-state index in [1.165, 1.54) is 6.20 Å². The molecule has 1 heterocycles. The second-order valence-corrected chi connectivity index (χ2v) is 4.90. The Balaban J connectivity index is 2.27. The minimum atomic E-state index is -0.407. The summed E-state index contributed by atoms with van der Waals surface area (Å²) in [6.45, 7) is 0. The molecule has 0 aliphatic heterocycles. The average Bonchev–Trinajstić information content (AvgIpc) is 2.39. The van der Waals surface area contributed by atoms with E-state index in [9.17, 15) is 4.39 Å². The van der Waals surface area contributed by atoms with Crippen molar-refractivity contribution in [3.05, 3.63) is 63.6 Å². The summed E-state index contributed by atoms with van der Waals surface area (Å²) in [5.74, 6) is 5.09. The molecule has 19 heavy (non-hydrogen) atoms. The molecule has 0 aliphatic carbocycles. The van der Waals surface area contributed by atoms with Gasteiger partial charge in [0.1, 0.15) is 5.82 Å². The molecule has 0 fully saturated rings. The van der Waals surface area contributed by atoms with Crippen molar-refractivity contribution >= 4 is 23.2 Å². The lowest BCUT2D eigenvalue weighted by Crippen LogP contribution is -2.30. The number of hydrogen-bond acceptors (Lipinski definition) is 3. The van der Waals surface area contributed by atoms with E-state index in [4.69, 9.17) is 29.0 Å². The summed E-state index contributed by atoms with van der Waals surface area (Å²) in [4.78, 5) is 3.71. The quantitative estimate of drug-likeness (QED) is 0.673. The lowest BCUT2D eigenvalue weighted by molar-refractivity contribution is 0.508. The minimum Gasteiger partial charge on any atom is -0.271 e. The van der Waals surface area contributed by atoms with E-state index >= 15 is 0 Å². The van der Waals surface area contributed by atoms with Gasteiger partial charge in [0.15, 0.2) is 0 Å². The molecule has 2 aromatic rings. The molecular weight excluding hydrogens is 288 g/mol. The van der Waals surface area contributed by atoms with Gasteiger partial charge in [-0.1, -0.05) is 29.3 Å². The molecule has 1 aromatic heterocycles. The number of nitrogens with one attached hydrogen (secondary N) is 1. The fourth-order valence-electron chi connectivity index (χ4n) is 1.83. The first-order valence-corrected chi connectivity index (χ1v) is 6.37. The van der Waals surface area contributed by atoms with Gasteiger partial charge in [0, 0.05) is 21.8 Å². The lowest BCUT2D eigenvalue weighted by atomic mass is 10.00. The van der Waals surface area contributed by atoms with Crippen molar-refractivity contribution in [2.75, 3.05) is 0 Å². The molecular formula is C13H12Cl2FN3. The van der Waals surface area contributed by atoms with Crippen molar-refractivity contribution in [2.24, 2.45) is 5.84 Å². The largest absolute Gasteiger partial charge is 0.271 e. The number of pyridine rings is 1. The molecule has 0 amide bonds. The zero-order valence-corrected chi connectivity index (χ0v) is 11.4. The van der Waals surface area contributed by atoms with Crippen molar-refractivity contribution in [2.45, 2.75) is 12.5 Å². The number of hydrogen-bond donors (Lipinski definition) is 2. The van der Waals surface area contributed by atoms with E-state index in [2.05, 4.69) is 10.4 Å². The van der Waals surface area contributed by atoms with Crippen LogP contribution in [0.1, 0.15) is 17.2 Å². The molecule has 100 valence electrons. The third-order valence-electron chi connectivity index (χ3n) is 2.82. The topological polar surface area (TPSA) is 50.9 Å². The third-order valence-corrected chi connectivity index (χ3v) is 3.41. The number of halogens is 3. The van der Waals surface area contributed by atoms with Gasteiger partial charge in [-0.05, 0) is 30.2 Å². The van der Waals surface area contributed by atoms with Gasteiger partial charge in [0.2, 0.25) is 0 Å². The van der Waals surface area contributed by atoms with Crippen molar-refractivity contribution in [3.63, 3.8) is 0 Å². The highest BCUT2D eigenvalue weighted by atomic mass is 35.5. The third kappa shape index (κ3) is 3.42. The van der Waals surface area contributed by atoms with Crippen LogP contribution in [0.15, 0.2) is 36.7 Å². The fraction of sp³-hybridized carbons (Fsp3) is 0.154. The highest BCUT2D eigenvalue weighted by Gasteiger charge is 2.16. The van der Waals surface area contributed by atoms with Crippen LogP contribution in [-0.4, -0.2) is 4.98 Å². The van der Waals surface area contributed by atoms with E-state index in [0.29, 0.717) is 22.0 Å². The van der Waals surface area contributed by atoms with Crippen LogP contribution in [0.5, 0.6) is 0 Å². The highest BCUT2D eigenvalue weighted by Crippen LogP contribution is 2.26. The first-order chi connectivity index (χ1) is 9.11. The molecule has 2 rings (SSSR count). The molecule has 0 bridgehead atoms. The first-order valence-electron chi connectivity index (χ1n) is 5.61. The van der Waals surface area contributed by atoms with Crippen LogP contribution in [0.3, 0.4) is 0 Å². The van der Waals surface area contributed by atoms with Crippen molar-refractivity contribution in [3.8, 4) is 0 Å². The SMILES string of the molecule is NNC(Cc1ccc(Cl)cc1Cl)c1ccncc1F. The Morgan fingerprint density at radius 3 is 2.74 bits per heavy atom. The number of benzene rings is 1. The number of hydrazine groups is 1. The monoisotopic (exact) mass is 299 g/mol. The molecule has 0 spiro atoms. The Morgan fingerprint density at radius 1 is 1.32 bits per heavy atom. The van der Waals surface area contributed by atoms with Gasteiger partial charge in [-0.15, -0.1) is 0 Å². The summed E-state index contributed by atoms with van der Waals surface area (Å²) in [6, 6.07) is 6.38. The van der Waals surface area contributed by atoms with Crippen LogP contribution >= 0.6 is 23.2 Å². The molecule has 3 nitrogen and oxygen atoms in total. The van der Waals surface area contributed by atoms with Crippen molar-refractivity contribution in [1.82, 2.24) is 10.4 Å². The predicted molar refractivity (Wildman–Crippen MR) is 74.4 cm³/mol. The maximum atomic E-state index is 13.7. The molecule has 0 radical (unpaired) electrons. The number of nitrogens with two attached hydrogens (primary N) is 1. The highest BCUT2D eigenvalue weighted by molar-refractivity contribution is 6.35. The van der Waals surface area contributed by atoms with Crippen LogP contribution in [0.25, 0.3) is 0 Å². The van der Waals surface area contributed by atoms with Crippen molar-refractivity contribution < 1.29 is 4.39 Å². The van der Waals surface area contributed by atoms with Crippen LogP contribution in [0, 0.1) is 5.82 Å². The van der Waals surface area contributed by atoms with Gasteiger partial charge in [0.25, 0.3) is 0 Å². The van der Waals surface area contributed by atoms with Gasteiger partial charge in [0.05, 0.1) is 12.2 Å². The molecule has 0 aliphatic rings. The fourth-order valence-corrected chi connectivity index (χ4v) is 2.32. The molecule has 1 atom stereocenters. The number of nitrogens with zero attached hydrogens (tertiary/aromatic N) is 1. The lowest BCUT2D eigenvalue weighted by Gasteiger charge is -2.17. The zero-order chi connectivity index (χ0) is 13.8. The molecule has 6 heteroatoms. The molecule has 3 N–H and O–H groups in total. The van der Waals surface area contributed by atoms with Gasteiger partial charge in [-0.2, -0.15) is 0 Å². The second-order valence-electron chi connectivity index (χ2n) is 4.06. The molecule has 0 saturated carbocycles. The Kier molecular flexibility index (Phi) is 4.71. The van der Waals surface area contributed by atoms with Gasteiger partial charge >= 0.3 is 0 Å². The maximum Gasteiger partial charge on any atom is 0.146 e. The Morgan fingerprint density at radius 2 is 2.11 bits per heavy atom. The summed E-state index contributed by atoms with van der Waals surface area (Å²) in [5, 5.41) is 1.09.